The van der Waals surface area contributed by atoms with Crippen LogP contribution in [0.15, 0.2) is 22.7 Å². The number of benzene rings is 1. The lowest BCUT2D eigenvalue weighted by Crippen LogP contribution is -2.15. The van der Waals surface area contributed by atoms with Crippen LogP contribution >= 0.6 is 15.9 Å². The molecule has 0 aliphatic carbocycles. The van der Waals surface area contributed by atoms with Gasteiger partial charge in [-0.1, -0.05) is 40.9 Å². The predicted octanol–water partition coefficient (Wildman–Crippen LogP) is 3.40. The molecule has 17 heavy (non-hydrogen) atoms. The third-order valence-corrected chi connectivity index (χ3v) is 3.52. The average molecular weight is 300 g/mol. The summed E-state index contributed by atoms with van der Waals surface area (Å²) in [4.78, 5) is 0. The fourth-order valence-electron chi connectivity index (χ4n) is 1.73. The van der Waals surface area contributed by atoms with Crippen molar-refractivity contribution < 1.29 is 5.11 Å². The first-order chi connectivity index (χ1) is 8.24. The van der Waals surface area contributed by atoms with Gasteiger partial charge in [0.05, 0.1) is 0 Å². The van der Waals surface area contributed by atoms with Gasteiger partial charge in [-0.3, -0.25) is 0 Å². The summed E-state index contributed by atoms with van der Waals surface area (Å²) in [6, 6.07) is 6.46. The van der Waals surface area contributed by atoms with Gasteiger partial charge in [-0.25, -0.2) is 0 Å². The number of aliphatic hydroxyl groups is 1. The fraction of sp³-hybridized carbons (Fsp3) is 0.571. The molecule has 0 fully saturated rings. The molecule has 0 saturated heterocycles. The first-order valence-corrected chi connectivity index (χ1v) is 7.10. The maximum Gasteiger partial charge on any atom is 0.0431 e. The highest BCUT2D eigenvalue weighted by Crippen LogP contribution is 2.17. The molecule has 0 aromatic heterocycles. The van der Waals surface area contributed by atoms with E-state index in [9.17, 15) is 0 Å². The second-order valence-corrected chi connectivity index (χ2v) is 5.26. The van der Waals surface area contributed by atoms with Crippen LogP contribution in [0.2, 0.25) is 0 Å². The molecule has 0 amide bonds. The Labute approximate surface area is 113 Å². The normalized spacial score (nSPS) is 10.8. The average Bonchev–Trinajstić information content (AvgIpc) is 2.30. The Morgan fingerprint density at radius 2 is 1.94 bits per heavy atom. The highest BCUT2D eigenvalue weighted by atomic mass is 79.9. The fourth-order valence-corrected chi connectivity index (χ4v) is 2.37. The van der Waals surface area contributed by atoms with Crippen molar-refractivity contribution >= 4 is 15.9 Å². The SMILES string of the molecule is Cc1ccc(CNCCCCCCO)c(Br)c1. The van der Waals surface area contributed by atoms with Gasteiger partial charge in [0, 0.05) is 17.6 Å². The summed E-state index contributed by atoms with van der Waals surface area (Å²) >= 11 is 3.58. The summed E-state index contributed by atoms with van der Waals surface area (Å²) in [5.74, 6) is 0. The van der Waals surface area contributed by atoms with Crippen LogP contribution in [0.1, 0.15) is 36.8 Å². The van der Waals surface area contributed by atoms with Crippen molar-refractivity contribution in [3.05, 3.63) is 33.8 Å². The molecule has 0 spiro atoms. The molecule has 0 unspecified atom stereocenters. The lowest BCUT2D eigenvalue weighted by molar-refractivity contribution is 0.282. The molecule has 0 atom stereocenters. The second kappa shape index (κ2) is 8.67. The Hall–Kier alpha value is -0.380. The molecule has 1 aromatic carbocycles. The Morgan fingerprint density at radius 3 is 2.65 bits per heavy atom. The van der Waals surface area contributed by atoms with E-state index in [2.05, 4.69) is 46.4 Å². The standard InChI is InChI=1S/C14H22BrNO/c1-12-6-7-13(14(15)10-12)11-16-8-4-2-3-5-9-17/h6-7,10,16-17H,2-5,8-9,11H2,1H3. The lowest BCUT2D eigenvalue weighted by Gasteiger charge is -2.07. The molecular weight excluding hydrogens is 278 g/mol. The Bertz CT molecular complexity index is 328. The van der Waals surface area contributed by atoms with E-state index in [0.29, 0.717) is 6.61 Å². The van der Waals surface area contributed by atoms with Gasteiger partial charge in [-0.05, 0) is 43.5 Å². The first kappa shape index (κ1) is 14.7. The number of hydrogen-bond donors (Lipinski definition) is 2. The van der Waals surface area contributed by atoms with Crippen LogP contribution in [-0.4, -0.2) is 18.3 Å². The van der Waals surface area contributed by atoms with Crippen molar-refractivity contribution in [1.82, 2.24) is 5.32 Å². The van der Waals surface area contributed by atoms with Crippen LogP contribution in [-0.2, 0) is 6.54 Å². The van der Waals surface area contributed by atoms with Crippen molar-refractivity contribution in [3.8, 4) is 0 Å². The Kier molecular flexibility index (Phi) is 7.49. The molecular formula is C14H22BrNO. The van der Waals surface area contributed by atoms with Gasteiger partial charge in [0.2, 0.25) is 0 Å². The van der Waals surface area contributed by atoms with E-state index < -0.39 is 0 Å². The van der Waals surface area contributed by atoms with Crippen LogP contribution in [0.3, 0.4) is 0 Å². The molecule has 1 rings (SSSR count). The van der Waals surface area contributed by atoms with Gasteiger partial charge in [0.25, 0.3) is 0 Å². The number of nitrogens with one attached hydrogen (secondary N) is 1. The molecule has 3 heteroatoms. The molecule has 2 nitrogen and oxygen atoms in total. The number of unbranched alkanes of at least 4 members (excludes halogenated alkanes) is 3. The van der Waals surface area contributed by atoms with E-state index in [0.717, 1.165) is 25.9 Å². The molecule has 0 aliphatic rings. The van der Waals surface area contributed by atoms with Crippen molar-refractivity contribution in [1.29, 1.82) is 0 Å². The first-order valence-electron chi connectivity index (χ1n) is 6.30. The lowest BCUT2D eigenvalue weighted by atomic mass is 10.1. The zero-order valence-corrected chi connectivity index (χ0v) is 12.1. The minimum Gasteiger partial charge on any atom is -0.396 e. The van der Waals surface area contributed by atoms with Crippen molar-refractivity contribution in [2.75, 3.05) is 13.2 Å². The smallest absolute Gasteiger partial charge is 0.0431 e. The minimum atomic E-state index is 0.323. The van der Waals surface area contributed by atoms with Crippen LogP contribution in [0.25, 0.3) is 0 Å². The van der Waals surface area contributed by atoms with Crippen LogP contribution in [0.5, 0.6) is 0 Å². The maximum absolute atomic E-state index is 8.65. The summed E-state index contributed by atoms with van der Waals surface area (Å²) < 4.78 is 1.19. The maximum atomic E-state index is 8.65. The van der Waals surface area contributed by atoms with E-state index in [1.54, 1.807) is 0 Å². The predicted molar refractivity (Wildman–Crippen MR) is 76.1 cm³/mol. The molecule has 1 aromatic rings. The van der Waals surface area contributed by atoms with Crippen molar-refractivity contribution in [3.63, 3.8) is 0 Å². The summed E-state index contributed by atoms with van der Waals surface area (Å²) in [5, 5.41) is 12.1. The zero-order valence-electron chi connectivity index (χ0n) is 10.5. The molecule has 0 aliphatic heterocycles. The van der Waals surface area contributed by atoms with Crippen LogP contribution < -0.4 is 5.32 Å². The Morgan fingerprint density at radius 1 is 1.18 bits per heavy atom. The van der Waals surface area contributed by atoms with Crippen LogP contribution in [0.4, 0.5) is 0 Å². The number of hydrogen-bond acceptors (Lipinski definition) is 2. The van der Waals surface area contributed by atoms with Crippen LogP contribution in [0, 0.1) is 6.92 Å². The summed E-state index contributed by atoms with van der Waals surface area (Å²) in [6.45, 7) is 4.39. The summed E-state index contributed by atoms with van der Waals surface area (Å²) in [6.07, 6.45) is 4.45. The number of rotatable bonds is 8. The van der Waals surface area contributed by atoms with Gasteiger partial charge in [-0.15, -0.1) is 0 Å². The van der Waals surface area contributed by atoms with Gasteiger partial charge in [-0.2, -0.15) is 0 Å². The topological polar surface area (TPSA) is 32.3 Å². The summed E-state index contributed by atoms with van der Waals surface area (Å²) in [5.41, 5.74) is 2.59. The largest absolute Gasteiger partial charge is 0.396 e. The highest BCUT2D eigenvalue weighted by molar-refractivity contribution is 9.10. The molecule has 2 N–H and O–H groups in total. The molecule has 0 saturated carbocycles. The molecule has 0 radical (unpaired) electrons. The van der Waals surface area contributed by atoms with Crippen molar-refractivity contribution in [2.24, 2.45) is 0 Å². The zero-order chi connectivity index (χ0) is 12.5. The quantitative estimate of drug-likeness (QED) is 0.721. The van der Waals surface area contributed by atoms with Crippen molar-refractivity contribution in [2.45, 2.75) is 39.2 Å². The monoisotopic (exact) mass is 299 g/mol. The Balaban J connectivity index is 2.14. The van der Waals surface area contributed by atoms with E-state index in [4.69, 9.17) is 5.11 Å². The van der Waals surface area contributed by atoms with Gasteiger partial charge in [0.15, 0.2) is 0 Å². The molecule has 0 heterocycles. The third-order valence-electron chi connectivity index (χ3n) is 2.79. The second-order valence-electron chi connectivity index (χ2n) is 4.41. The van der Waals surface area contributed by atoms with E-state index >= 15 is 0 Å². The minimum absolute atomic E-state index is 0.323. The number of aliphatic hydroxyl groups excluding tert-OH is 1. The number of halogens is 1. The van der Waals surface area contributed by atoms with Gasteiger partial charge >= 0.3 is 0 Å². The number of aryl methyl sites for hydroxylation is 1. The van der Waals surface area contributed by atoms with E-state index in [1.165, 1.54) is 28.4 Å². The summed E-state index contributed by atoms with van der Waals surface area (Å²) in [7, 11) is 0. The van der Waals surface area contributed by atoms with E-state index in [1.807, 2.05) is 0 Å². The third kappa shape index (κ3) is 6.20. The molecule has 0 bridgehead atoms. The van der Waals surface area contributed by atoms with Gasteiger partial charge < -0.3 is 10.4 Å². The highest BCUT2D eigenvalue weighted by Gasteiger charge is 1.99. The van der Waals surface area contributed by atoms with E-state index in [-0.39, 0.29) is 0 Å². The van der Waals surface area contributed by atoms with Gasteiger partial charge in [0.1, 0.15) is 0 Å². The molecule has 96 valence electrons.